The van der Waals surface area contributed by atoms with Gasteiger partial charge < -0.3 is 10.8 Å². The van der Waals surface area contributed by atoms with Crippen LogP contribution in [0.5, 0.6) is 0 Å². The molecule has 0 unspecified atom stereocenters. The van der Waals surface area contributed by atoms with E-state index in [-0.39, 0.29) is 17.1 Å². The maximum atomic E-state index is 5.04. The van der Waals surface area contributed by atoms with E-state index in [4.69, 9.17) is 5.73 Å². The zero-order valence-corrected chi connectivity index (χ0v) is 4.24. The SMILES string of the molecule is N[c-]1cnnn1.[Cu+]. The first-order valence-corrected chi connectivity index (χ1v) is 1.46. The number of rotatable bonds is 0. The molecule has 0 radical (unpaired) electrons. The Morgan fingerprint density at radius 1 is 1.57 bits per heavy atom. The minimum absolute atomic E-state index is 0. The second-order valence-corrected chi connectivity index (χ2v) is 0.859. The van der Waals surface area contributed by atoms with Crippen molar-refractivity contribution in [3.05, 3.63) is 6.20 Å². The molecule has 0 aliphatic rings. The van der Waals surface area contributed by atoms with Crippen LogP contribution in [0.1, 0.15) is 0 Å². The zero-order chi connectivity index (χ0) is 4.41. The van der Waals surface area contributed by atoms with E-state index in [2.05, 4.69) is 15.4 Å². The first kappa shape index (κ1) is 6.46. The summed E-state index contributed by atoms with van der Waals surface area (Å²) in [5.41, 5.74) is 5.04. The monoisotopic (exact) mass is 146 g/mol. The van der Waals surface area contributed by atoms with E-state index in [0.29, 0.717) is 5.82 Å². The Balaban J connectivity index is 0.000000360. The first-order chi connectivity index (χ1) is 2.89. The second kappa shape index (κ2) is 2.60. The van der Waals surface area contributed by atoms with Gasteiger partial charge in [0.15, 0.2) is 0 Å². The Labute approximate surface area is 51.0 Å². The van der Waals surface area contributed by atoms with Crippen LogP contribution in [-0.2, 0) is 17.1 Å². The summed E-state index contributed by atoms with van der Waals surface area (Å²) in [6, 6.07) is 0. The molecule has 1 aromatic rings. The van der Waals surface area contributed by atoms with Gasteiger partial charge in [-0.3, -0.25) is 0 Å². The maximum absolute atomic E-state index is 5.04. The Morgan fingerprint density at radius 2 is 2.29 bits per heavy atom. The summed E-state index contributed by atoms with van der Waals surface area (Å²) in [7, 11) is 0. The van der Waals surface area contributed by atoms with Crippen molar-refractivity contribution in [3.8, 4) is 0 Å². The molecule has 0 fully saturated rings. The molecule has 2 N–H and O–H groups in total. The van der Waals surface area contributed by atoms with E-state index in [9.17, 15) is 0 Å². The van der Waals surface area contributed by atoms with Crippen molar-refractivity contribution < 1.29 is 17.1 Å². The van der Waals surface area contributed by atoms with Crippen molar-refractivity contribution in [3.63, 3.8) is 0 Å². The van der Waals surface area contributed by atoms with Crippen molar-refractivity contribution in [2.75, 3.05) is 5.73 Å². The minimum atomic E-state index is 0. The van der Waals surface area contributed by atoms with E-state index in [0.717, 1.165) is 0 Å². The summed E-state index contributed by atoms with van der Waals surface area (Å²) in [5, 5.41) is 9.87. The smallest absolute Gasteiger partial charge is 0.532 e. The molecular weight excluding hydrogens is 144 g/mol. The molecule has 1 rings (SSSR count). The molecule has 0 aliphatic carbocycles. The molecule has 42 valence electrons. The predicted octanol–water partition coefficient (Wildman–Crippen LogP) is -0.830. The van der Waals surface area contributed by atoms with Crippen LogP contribution in [0.15, 0.2) is 6.20 Å². The molecule has 0 saturated carbocycles. The molecule has 7 heavy (non-hydrogen) atoms. The number of nitrogens with zero attached hydrogens (tertiary/aromatic N) is 3. The number of anilines is 1. The summed E-state index contributed by atoms with van der Waals surface area (Å²) >= 11 is 0. The summed E-state index contributed by atoms with van der Waals surface area (Å²) in [5.74, 6) is 0.370. The number of aromatic nitrogens is 3. The van der Waals surface area contributed by atoms with Gasteiger partial charge in [-0.25, -0.2) is 0 Å². The Morgan fingerprint density at radius 3 is 2.43 bits per heavy atom. The van der Waals surface area contributed by atoms with Crippen LogP contribution < -0.4 is 5.73 Å². The third-order valence-corrected chi connectivity index (χ3v) is 0.402. The Hall–Kier alpha value is -0.541. The molecule has 1 aromatic heterocycles. The number of hydrogen-bond acceptors (Lipinski definition) is 4. The number of nitrogens with two attached hydrogens (primary N) is 1. The van der Waals surface area contributed by atoms with Crippen molar-refractivity contribution in [2.24, 2.45) is 0 Å². The van der Waals surface area contributed by atoms with Crippen LogP contribution in [-0.4, -0.2) is 15.4 Å². The van der Waals surface area contributed by atoms with Crippen LogP contribution in [0.4, 0.5) is 5.82 Å². The molecule has 4 nitrogen and oxygen atoms in total. The van der Waals surface area contributed by atoms with Crippen molar-refractivity contribution in [2.45, 2.75) is 0 Å². The van der Waals surface area contributed by atoms with Crippen LogP contribution in [0.3, 0.4) is 0 Å². The third kappa shape index (κ3) is 1.57. The molecule has 0 aromatic carbocycles. The molecule has 0 aliphatic heterocycles. The molecule has 0 saturated heterocycles. The van der Waals surface area contributed by atoms with Crippen molar-refractivity contribution in [1.29, 1.82) is 0 Å². The van der Waals surface area contributed by atoms with Crippen molar-refractivity contribution in [1.82, 2.24) is 15.4 Å². The van der Waals surface area contributed by atoms with Crippen LogP contribution in [0.25, 0.3) is 0 Å². The van der Waals surface area contributed by atoms with E-state index in [1.54, 1.807) is 0 Å². The molecule has 0 spiro atoms. The summed E-state index contributed by atoms with van der Waals surface area (Å²) in [4.78, 5) is 0. The molecule has 5 heteroatoms. The fourth-order valence-corrected chi connectivity index (χ4v) is 0.188. The van der Waals surface area contributed by atoms with E-state index in [1.807, 2.05) is 0 Å². The average Bonchev–Trinajstić information content (AvgIpc) is 1.86. The third-order valence-electron chi connectivity index (χ3n) is 0.402. The van der Waals surface area contributed by atoms with E-state index < -0.39 is 0 Å². The van der Waals surface area contributed by atoms with E-state index >= 15 is 0 Å². The molecule has 1 heterocycles. The summed E-state index contributed by atoms with van der Waals surface area (Å²) < 4.78 is 0. The van der Waals surface area contributed by atoms with Gasteiger partial charge in [0.25, 0.3) is 0 Å². The normalized spacial score (nSPS) is 7.43. The Kier molecular flexibility index (Phi) is 2.40. The fraction of sp³-hybridized carbons (Fsp3) is 0. The largest absolute Gasteiger partial charge is 1.00 e. The molecule has 0 atom stereocenters. The van der Waals surface area contributed by atoms with E-state index in [1.165, 1.54) is 6.20 Å². The van der Waals surface area contributed by atoms with Gasteiger partial charge in [0.2, 0.25) is 0 Å². The molecule has 0 bridgehead atoms. The van der Waals surface area contributed by atoms with Gasteiger partial charge in [-0.15, -0.1) is 5.82 Å². The maximum Gasteiger partial charge on any atom is 1.00 e. The topological polar surface area (TPSA) is 64.7 Å². The van der Waals surface area contributed by atoms with Gasteiger partial charge in [0.05, 0.1) is 0 Å². The zero-order valence-electron chi connectivity index (χ0n) is 3.30. The van der Waals surface area contributed by atoms with Gasteiger partial charge >= 0.3 is 17.1 Å². The first-order valence-electron chi connectivity index (χ1n) is 1.46. The molecular formula is C2H3CuN4. The van der Waals surface area contributed by atoms with Crippen LogP contribution >= 0.6 is 0 Å². The summed E-state index contributed by atoms with van der Waals surface area (Å²) in [6.07, 6.45) is 1.39. The van der Waals surface area contributed by atoms with Gasteiger partial charge in [-0.2, -0.15) is 5.10 Å². The predicted molar refractivity (Wildman–Crippen MR) is 19.8 cm³/mol. The standard InChI is InChI=1S/C2H3N4.Cu/c3-2-1-4-6-5-2;/h1H,3H2;/q-1;+1. The Bertz CT molecular complexity index is 113. The minimum Gasteiger partial charge on any atom is -0.532 e. The fourth-order valence-electron chi connectivity index (χ4n) is 0.188. The number of hydrogen-bond donors (Lipinski definition) is 1. The van der Waals surface area contributed by atoms with Gasteiger partial charge in [0, 0.05) is 0 Å². The van der Waals surface area contributed by atoms with Gasteiger partial charge in [0.1, 0.15) is 0 Å². The number of nitrogen functional groups attached to an aromatic ring is 1. The summed E-state index contributed by atoms with van der Waals surface area (Å²) in [6.45, 7) is 0. The quantitative estimate of drug-likeness (QED) is 0.383. The average molecular weight is 147 g/mol. The van der Waals surface area contributed by atoms with Crippen molar-refractivity contribution >= 4 is 5.82 Å². The molecule has 0 amide bonds. The van der Waals surface area contributed by atoms with Gasteiger partial charge in [-0.05, 0) is 0 Å². The van der Waals surface area contributed by atoms with Crippen LogP contribution in [0.2, 0.25) is 0 Å². The van der Waals surface area contributed by atoms with Crippen LogP contribution in [0, 0.1) is 0 Å². The second-order valence-electron chi connectivity index (χ2n) is 0.859. The van der Waals surface area contributed by atoms with Gasteiger partial charge in [-0.1, -0.05) is 11.4 Å².